The predicted octanol–water partition coefficient (Wildman–Crippen LogP) is 4.86. The van der Waals surface area contributed by atoms with E-state index in [1.165, 1.54) is 17.8 Å². The van der Waals surface area contributed by atoms with Crippen LogP contribution in [-0.4, -0.2) is 14.9 Å². The van der Waals surface area contributed by atoms with E-state index >= 15 is 0 Å². The number of aromatic nitrogens is 2. The molecule has 0 saturated carbocycles. The Morgan fingerprint density at radius 3 is 2.41 bits per heavy atom. The van der Waals surface area contributed by atoms with E-state index in [2.05, 4.69) is 0 Å². The second-order valence-corrected chi connectivity index (χ2v) is 9.51. The van der Waals surface area contributed by atoms with E-state index in [0.717, 1.165) is 15.7 Å². The lowest BCUT2D eigenvalue weighted by Crippen LogP contribution is -2.44. The summed E-state index contributed by atoms with van der Waals surface area (Å²) in [7, 11) is 0. The van der Waals surface area contributed by atoms with Crippen molar-refractivity contribution in [3.8, 4) is 11.1 Å². The predicted molar refractivity (Wildman–Crippen MR) is 134 cm³/mol. The van der Waals surface area contributed by atoms with Crippen molar-refractivity contribution in [1.29, 1.82) is 0 Å². The molecule has 1 aromatic heterocycles. The van der Waals surface area contributed by atoms with Crippen molar-refractivity contribution in [3.05, 3.63) is 122 Å². The van der Waals surface area contributed by atoms with Crippen molar-refractivity contribution in [2.24, 2.45) is 5.73 Å². The second-order valence-electron chi connectivity index (χ2n) is 8.09. The van der Waals surface area contributed by atoms with Crippen LogP contribution >= 0.6 is 23.4 Å². The van der Waals surface area contributed by atoms with Crippen LogP contribution in [0, 0.1) is 5.82 Å². The van der Waals surface area contributed by atoms with E-state index in [0.29, 0.717) is 15.8 Å². The van der Waals surface area contributed by atoms with Gasteiger partial charge in [0.2, 0.25) is 0 Å². The van der Waals surface area contributed by atoms with Crippen molar-refractivity contribution in [2.45, 2.75) is 23.7 Å². The van der Waals surface area contributed by atoms with Crippen molar-refractivity contribution in [3.63, 3.8) is 0 Å². The van der Waals surface area contributed by atoms with Crippen LogP contribution in [0.5, 0.6) is 0 Å². The zero-order valence-electron chi connectivity index (χ0n) is 18.0. The van der Waals surface area contributed by atoms with E-state index < -0.39 is 29.1 Å². The third-order valence-corrected chi connectivity index (χ3v) is 7.53. The molecule has 5 nitrogen and oxygen atoms in total. The van der Waals surface area contributed by atoms with Gasteiger partial charge in [0.25, 0.3) is 5.56 Å². The van der Waals surface area contributed by atoms with Crippen molar-refractivity contribution < 1.29 is 4.39 Å². The number of rotatable bonds is 5. The maximum absolute atomic E-state index is 14.9. The minimum Gasteiger partial charge on any atom is -0.322 e. The molecule has 4 aromatic rings. The molecule has 2 atom stereocenters. The first kappa shape index (κ1) is 22.7. The number of halogens is 2. The molecule has 2 N–H and O–H groups in total. The summed E-state index contributed by atoms with van der Waals surface area (Å²) in [5, 5.41) is 0.966. The molecule has 8 heteroatoms. The quantitative estimate of drug-likeness (QED) is 0.403. The molecule has 1 aliphatic rings. The molecule has 0 amide bonds. The molecule has 0 saturated heterocycles. The molecule has 1 aliphatic heterocycles. The maximum atomic E-state index is 14.9. The summed E-state index contributed by atoms with van der Waals surface area (Å²) in [6.45, 7) is -0.0384. The van der Waals surface area contributed by atoms with Gasteiger partial charge in [-0.15, -0.1) is 11.8 Å². The van der Waals surface area contributed by atoms with Crippen LogP contribution in [0.15, 0.2) is 93.5 Å². The molecule has 0 spiro atoms. The van der Waals surface area contributed by atoms with Gasteiger partial charge in [-0.25, -0.2) is 9.18 Å². The Kier molecular flexibility index (Phi) is 6.16. The molecule has 2 heterocycles. The van der Waals surface area contributed by atoms with Crippen molar-refractivity contribution >= 4 is 23.4 Å². The molecular weight excluding hydrogens is 473 g/mol. The summed E-state index contributed by atoms with van der Waals surface area (Å²) in [5.41, 5.74) is 7.24. The highest BCUT2D eigenvalue weighted by atomic mass is 35.5. The van der Waals surface area contributed by atoms with Gasteiger partial charge < -0.3 is 5.73 Å². The largest absolute Gasteiger partial charge is 0.332 e. The van der Waals surface area contributed by atoms with E-state index in [1.54, 1.807) is 28.8 Å². The number of hydrogen-bond donors (Lipinski definition) is 1. The van der Waals surface area contributed by atoms with Crippen LogP contribution in [0.1, 0.15) is 23.2 Å². The molecule has 0 aliphatic carbocycles. The average molecular weight is 494 g/mol. The summed E-state index contributed by atoms with van der Waals surface area (Å²) >= 11 is 7.82. The Balaban J connectivity index is 1.75. The minimum absolute atomic E-state index is 0.0384. The van der Waals surface area contributed by atoms with E-state index in [-0.39, 0.29) is 17.7 Å². The third kappa shape index (κ3) is 3.90. The number of nitrogens with zero attached hydrogens (tertiary/aromatic N) is 2. The summed E-state index contributed by atoms with van der Waals surface area (Å²) < 4.78 is 17.6. The lowest BCUT2D eigenvalue weighted by molar-refractivity contribution is 0.477. The van der Waals surface area contributed by atoms with Crippen LogP contribution in [0.4, 0.5) is 4.39 Å². The Morgan fingerprint density at radius 1 is 1.00 bits per heavy atom. The van der Waals surface area contributed by atoms with Crippen LogP contribution < -0.4 is 17.0 Å². The molecule has 34 heavy (non-hydrogen) atoms. The normalized spacial score (nSPS) is 15.8. The summed E-state index contributed by atoms with van der Waals surface area (Å²) in [4.78, 5) is 27.4. The van der Waals surface area contributed by atoms with Gasteiger partial charge in [0.05, 0.1) is 23.2 Å². The number of thioether (sulfide) groups is 1. The van der Waals surface area contributed by atoms with Gasteiger partial charge in [0, 0.05) is 22.4 Å². The number of nitrogens with two attached hydrogens (primary N) is 1. The lowest BCUT2D eigenvalue weighted by atomic mass is 10.1. The van der Waals surface area contributed by atoms with Crippen LogP contribution in [0.2, 0.25) is 5.02 Å². The first-order chi connectivity index (χ1) is 16.5. The minimum atomic E-state index is -0.591. The number of benzene rings is 3. The highest BCUT2D eigenvalue weighted by Crippen LogP contribution is 2.42. The van der Waals surface area contributed by atoms with Gasteiger partial charge >= 0.3 is 5.69 Å². The molecule has 0 bridgehead atoms. The van der Waals surface area contributed by atoms with Gasteiger partial charge in [0.1, 0.15) is 5.82 Å². The first-order valence-corrected chi connectivity index (χ1v) is 12.2. The number of fused-ring (bicyclic) bond motifs is 1. The zero-order chi connectivity index (χ0) is 23.8. The van der Waals surface area contributed by atoms with Crippen LogP contribution in [0.25, 0.3) is 11.1 Å². The highest BCUT2D eigenvalue weighted by Gasteiger charge is 2.33. The Labute approximate surface area is 204 Å². The van der Waals surface area contributed by atoms with Crippen LogP contribution in [-0.2, 0) is 6.54 Å². The molecule has 0 fully saturated rings. The summed E-state index contributed by atoms with van der Waals surface area (Å²) in [5.74, 6) is -0.0315. The Morgan fingerprint density at radius 2 is 1.68 bits per heavy atom. The standard InChI is InChI=1S/C26H21ClFN3O2S/c27-19-12-6-4-10-17(19)22-15-34-25-23(18-11-5-7-13-20(18)28)24(32)30(26(33)31(22)25)14-21(29)16-8-2-1-3-9-16/h1-13,21-22H,14-15,29H2. The number of hydrogen-bond acceptors (Lipinski definition) is 4. The first-order valence-electron chi connectivity index (χ1n) is 10.8. The fourth-order valence-electron chi connectivity index (χ4n) is 4.33. The van der Waals surface area contributed by atoms with Crippen molar-refractivity contribution in [1.82, 2.24) is 9.13 Å². The smallest absolute Gasteiger partial charge is 0.322 e. The molecule has 3 aromatic carbocycles. The molecule has 172 valence electrons. The van der Waals surface area contributed by atoms with Gasteiger partial charge in [-0.1, -0.05) is 78.3 Å². The highest BCUT2D eigenvalue weighted by molar-refractivity contribution is 7.99. The lowest BCUT2D eigenvalue weighted by Gasteiger charge is -2.21. The summed E-state index contributed by atoms with van der Waals surface area (Å²) in [6, 6.07) is 21.7. The topological polar surface area (TPSA) is 70.0 Å². The molecule has 5 rings (SSSR count). The Bertz CT molecular complexity index is 1490. The van der Waals surface area contributed by atoms with Crippen LogP contribution in [0.3, 0.4) is 0 Å². The van der Waals surface area contributed by atoms with Gasteiger partial charge in [-0.3, -0.25) is 13.9 Å². The van der Waals surface area contributed by atoms with E-state index in [4.69, 9.17) is 17.3 Å². The van der Waals surface area contributed by atoms with E-state index in [9.17, 15) is 14.0 Å². The molecule has 2 unspecified atom stereocenters. The second kappa shape index (κ2) is 9.25. The third-order valence-electron chi connectivity index (χ3n) is 6.03. The zero-order valence-corrected chi connectivity index (χ0v) is 19.6. The molecule has 0 radical (unpaired) electrons. The van der Waals surface area contributed by atoms with Gasteiger partial charge in [-0.2, -0.15) is 0 Å². The maximum Gasteiger partial charge on any atom is 0.332 e. The van der Waals surface area contributed by atoms with Gasteiger partial charge in [-0.05, 0) is 23.3 Å². The monoisotopic (exact) mass is 493 g/mol. The fourth-order valence-corrected chi connectivity index (χ4v) is 5.92. The van der Waals surface area contributed by atoms with Crippen molar-refractivity contribution in [2.75, 3.05) is 5.75 Å². The fraction of sp³-hybridized carbons (Fsp3) is 0.154. The Hall–Kier alpha value is -3.13. The SMILES string of the molecule is NC(Cn1c(=O)c(-c2ccccc2F)c2n(c1=O)C(c1ccccc1Cl)CS2)c1ccccc1. The average Bonchev–Trinajstić information content (AvgIpc) is 3.28. The van der Waals surface area contributed by atoms with E-state index in [1.807, 2.05) is 48.5 Å². The van der Waals surface area contributed by atoms with Gasteiger partial charge in [0.15, 0.2) is 0 Å². The molecular formula is C26H21ClFN3O2S. The summed E-state index contributed by atoms with van der Waals surface area (Å²) in [6.07, 6.45) is 0.